The normalized spacial score (nSPS) is 37.5. The van der Waals surface area contributed by atoms with Crippen molar-refractivity contribution < 1.29 is 39.9 Å². The maximum absolute atomic E-state index is 11.0. The van der Waals surface area contributed by atoms with Crippen LogP contribution in [0.25, 0.3) is 0 Å². The molecule has 0 amide bonds. The van der Waals surface area contributed by atoms with E-state index in [1.54, 1.807) is 0 Å². The Balaban J connectivity index is 2.98. The van der Waals surface area contributed by atoms with E-state index in [1.807, 2.05) is 0 Å². The predicted molar refractivity (Wildman–Crippen MR) is 41.6 cm³/mol. The molecule has 1 rings (SSSR count). The number of carboxylic acid groups (broad SMARTS) is 1. The summed E-state index contributed by atoms with van der Waals surface area (Å²) < 4.78 is 4.27. The van der Waals surface area contributed by atoms with Gasteiger partial charge in [-0.15, -0.1) is 0 Å². The summed E-state index contributed by atoms with van der Waals surface area (Å²) in [5.41, 5.74) is -3.10. The molecule has 8 nitrogen and oxygen atoms in total. The lowest BCUT2D eigenvalue weighted by atomic mass is 9.94. The molecule has 1 fully saturated rings. The Morgan fingerprint density at radius 3 is 2.47 bits per heavy atom. The molecule has 0 radical (unpaired) electrons. The third kappa shape index (κ3) is 1.57. The van der Waals surface area contributed by atoms with Crippen LogP contribution in [0.5, 0.6) is 0 Å². The number of rotatable bonds is 3. The molecule has 86 valence electrons. The number of cyclic esters (lactones) is 1. The largest absolute Gasteiger partial charge is 0.479 e. The van der Waals surface area contributed by atoms with Gasteiger partial charge in [0.25, 0.3) is 5.60 Å². The molecular formula is C7H10O8. The molecule has 15 heavy (non-hydrogen) atoms. The van der Waals surface area contributed by atoms with Crippen molar-refractivity contribution in [1.29, 1.82) is 0 Å². The third-order valence-corrected chi connectivity index (χ3v) is 2.19. The Kier molecular flexibility index (Phi) is 2.95. The summed E-state index contributed by atoms with van der Waals surface area (Å²) in [6.45, 7) is -0.843. The zero-order valence-corrected chi connectivity index (χ0v) is 7.40. The number of hydrogen-bond acceptors (Lipinski definition) is 7. The van der Waals surface area contributed by atoms with E-state index >= 15 is 0 Å². The van der Waals surface area contributed by atoms with Gasteiger partial charge in [0.15, 0.2) is 6.10 Å². The average Bonchev–Trinajstić information content (AvgIpc) is 2.42. The van der Waals surface area contributed by atoms with Gasteiger partial charge < -0.3 is 30.3 Å². The number of carbonyl (C=O) groups excluding carboxylic acids is 1. The van der Waals surface area contributed by atoms with E-state index in [0.29, 0.717) is 0 Å². The van der Waals surface area contributed by atoms with E-state index in [9.17, 15) is 19.8 Å². The van der Waals surface area contributed by atoms with Gasteiger partial charge in [0.05, 0.1) is 6.61 Å². The topological polar surface area (TPSA) is 145 Å². The van der Waals surface area contributed by atoms with Crippen molar-refractivity contribution in [2.75, 3.05) is 6.61 Å². The Labute approximate surface area is 83.3 Å². The maximum Gasteiger partial charge on any atom is 0.353 e. The van der Waals surface area contributed by atoms with Crippen LogP contribution in [-0.4, -0.2) is 68.0 Å². The van der Waals surface area contributed by atoms with Gasteiger partial charge in [-0.25, -0.2) is 9.59 Å². The number of carboxylic acids is 1. The second kappa shape index (κ2) is 3.74. The molecule has 1 saturated heterocycles. The van der Waals surface area contributed by atoms with E-state index in [4.69, 9.17) is 15.3 Å². The first kappa shape index (κ1) is 11.9. The SMILES string of the molecule is O=C(O)[C@]1(O)C(=O)O[C@H]([C@H](O)CO)[C@@H]1O. The van der Waals surface area contributed by atoms with Crippen LogP contribution in [0.2, 0.25) is 0 Å². The third-order valence-electron chi connectivity index (χ3n) is 2.19. The summed E-state index contributed by atoms with van der Waals surface area (Å²) >= 11 is 0. The second-order valence-electron chi connectivity index (χ2n) is 3.14. The van der Waals surface area contributed by atoms with Crippen LogP contribution in [0, 0.1) is 0 Å². The summed E-state index contributed by atoms with van der Waals surface area (Å²) in [5.74, 6) is -3.55. The van der Waals surface area contributed by atoms with Crippen molar-refractivity contribution >= 4 is 11.9 Å². The van der Waals surface area contributed by atoms with Gasteiger partial charge in [-0.05, 0) is 0 Å². The summed E-state index contributed by atoms with van der Waals surface area (Å²) in [6, 6.07) is 0. The van der Waals surface area contributed by atoms with Gasteiger partial charge in [-0.3, -0.25) is 0 Å². The number of carbonyl (C=O) groups is 2. The zero-order chi connectivity index (χ0) is 11.8. The molecule has 0 aromatic carbocycles. The van der Waals surface area contributed by atoms with Crippen molar-refractivity contribution in [3.8, 4) is 0 Å². The molecule has 0 aliphatic carbocycles. The molecule has 1 aliphatic heterocycles. The smallest absolute Gasteiger partial charge is 0.353 e. The highest BCUT2D eigenvalue weighted by atomic mass is 16.6. The van der Waals surface area contributed by atoms with Crippen molar-refractivity contribution in [1.82, 2.24) is 0 Å². The molecule has 0 saturated carbocycles. The fourth-order valence-electron chi connectivity index (χ4n) is 1.24. The molecule has 5 N–H and O–H groups in total. The first-order chi connectivity index (χ1) is 6.85. The van der Waals surface area contributed by atoms with Crippen molar-refractivity contribution in [3.63, 3.8) is 0 Å². The van der Waals surface area contributed by atoms with Gasteiger partial charge >= 0.3 is 11.9 Å². The van der Waals surface area contributed by atoms with Gasteiger partial charge in [-0.2, -0.15) is 0 Å². The van der Waals surface area contributed by atoms with Crippen LogP contribution < -0.4 is 0 Å². The second-order valence-corrected chi connectivity index (χ2v) is 3.14. The van der Waals surface area contributed by atoms with Crippen LogP contribution in [0.15, 0.2) is 0 Å². The van der Waals surface area contributed by atoms with Crippen LogP contribution in [-0.2, 0) is 14.3 Å². The molecular weight excluding hydrogens is 212 g/mol. The predicted octanol–water partition coefficient (Wildman–Crippen LogP) is -3.56. The molecule has 1 heterocycles. The minimum Gasteiger partial charge on any atom is -0.479 e. The number of hydrogen-bond donors (Lipinski definition) is 5. The minimum atomic E-state index is -3.10. The highest BCUT2D eigenvalue weighted by molar-refractivity contribution is 6.04. The highest BCUT2D eigenvalue weighted by Crippen LogP contribution is 2.28. The van der Waals surface area contributed by atoms with E-state index in [-0.39, 0.29) is 0 Å². The number of aliphatic hydroxyl groups excluding tert-OH is 3. The molecule has 4 atom stereocenters. The maximum atomic E-state index is 11.0. The number of aliphatic hydroxyl groups is 4. The highest BCUT2D eigenvalue weighted by Gasteiger charge is 2.63. The van der Waals surface area contributed by atoms with Gasteiger partial charge in [-0.1, -0.05) is 0 Å². The quantitative estimate of drug-likeness (QED) is 0.244. The molecule has 0 spiro atoms. The Morgan fingerprint density at radius 1 is 1.60 bits per heavy atom. The van der Waals surface area contributed by atoms with Crippen molar-refractivity contribution in [3.05, 3.63) is 0 Å². The number of aliphatic carboxylic acids is 1. The average molecular weight is 222 g/mol. The summed E-state index contributed by atoms with van der Waals surface area (Å²) in [6.07, 6.45) is -5.45. The fraction of sp³-hybridized carbons (Fsp3) is 0.714. The Morgan fingerprint density at radius 2 is 2.13 bits per heavy atom. The van der Waals surface area contributed by atoms with Crippen LogP contribution in [0.3, 0.4) is 0 Å². The van der Waals surface area contributed by atoms with Crippen LogP contribution in [0.1, 0.15) is 0 Å². The zero-order valence-electron chi connectivity index (χ0n) is 7.40. The molecule has 1 aliphatic rings. The standard InChI is InChI=1S/C7H10O8/c8-1-2(9)3-4(10)7(14,5(11)12)6(13)15-3/h2-4,8-10,14H,1H2,(H,11,12)/t2-,3-,4+,7+/m1/s1. The van der Waals surface area contributed by atoms with E-state index < -0.39 is 42.5 Å². The van der Waals surface area contributed by atoms with Gasteiger partial charge in [0.2, 0.25) is 0 Å². The molecule has 0 aromatic rings. The lowest BCUT2D eigenvalue weighted by Crippen LogP contribution is -2.54. The first-order valence-corrected chi connectivity index (χ1v) is 3.99. The van der Waals surface area contributed by atoms with Crippen molar-refractivity contribution in [2.24, 2.45) is 0 Å². The van der Waals surface area contributed by atoms with E-state index in [1.165, 1.54) is 0 Å². The monoisotopic (exact) mass is 222 g/mol. The van der Waals surface area contributed by atoms with Crippen LogP contribution in [0.4, 0.5) is 0 Å². The summed E-state index contributed by atoms with van der Waals surface area (Å²) in [4.78, 5) is 21.5. The Bertz CT molecular complexity index is 289. The Hall–Kier alpha value is -1.22. The summed E-state index contributed by atoms with van der Waals surface area (Å²) in [5, 5.41) is 44.7. The minimum absolute atomic E-state index is 0.843. The molecule has 8 heteroatoms. The fourth-order valence-corrected chi connectivity index (χ4v) is 1.24. The van der Waals surface area contributed by atoms with Crippen molar-refractivity contribution in [2.45, 2.75) is 23.9 Å². The molecule has 0 aromatic heterocycles. The van der Waals surface area contributed by atoms with Gasteiger partial charge in [0.1, 0.15) is 12.2 Å². The number of esters is 1. The first-order valence-electron chi connectivity index (χ1n) is 3.99. The van der Waals surface area contributed by atoms with E-state index in [0.717, 1.165) is 0 Å². The number of ether oxygens (including phenoxy) is 1. The van der Waals surface area contributed by atoms with Gasteiger partial charge in [0, 0.05) is 0 Å². The lowest BCUT2D eigenvalue weighted by Gasteiger charge is -2.20. The van der Waals surface area contributed by atoms with E-state index in [2.05, 4.69) is 4.74 Å². The lowest BCUT2D eigenvalue weighted by molar-refractivity contribution is -0.175. The van der Waals surface area contributed by atoms with Crippen LogP contribution >= 0.6 is 0 Å². The molecule has 0 bridgehead atoms. The molecule has 0 unspecified atom stereocenters. The summed E-state index contributed by atoms with van der Waals surface area (Å²) in [7, 11) is 0.